The predicted octanol–water partition coefficient (Wildman–Crippen LogP) is 7.52. The van der Waals surface area contributed by atoms with Gasteiger partial charge in [0.2, 0.25) is 23.1 Å². The number of carbonyl (C=O) groups is 6. The van der Waals surface area contributed by atoms with Crippen LogP contribution in [-0.2, 0) is 47.3 Å². The highest BCUT2D eigenvalue weighted by molar-refractivity contribution is 7.23. The lowest BCUT2D eigenvalue weighted by atomic mass is 9.84. The van der Waals surface area contributed by atoms with Gasteiger partial charge in [0.05, 0.1) is 32.3 Å². The van der Waals surface area contributed by atoms with Gasteiger partial charge in [0.15, 0.2) is 0 Å². The summed E-state index contributed by atoms with van der Waals surface area (Å²) in [7, 11) is 0. The van der Waals surface area contributed by atoms with Gasteiger partial charge in [0.25, 0.3) is 5.41 Å². The number of hydrogen-bond donors (Lipinski definition) is 0. The molecule has 290 valence electrons. The Hall–Kier alpha value is -7.04. The molecule has 3 aliphatic rings. The maximum absolute atomic E-state index is 14.7. The second-order valence-electron chi connectivity index (χ2n) is 13.4. The molecule has 3 aliphatic carbocycles. The second-order valence-corrected chi connectivity index (χ2v) is 15.4. The number of ketones is 4. The van der Waals surface area contributed by atoms with E-state index in [1.165, 1.54) is 0 Å². The van der Waals surface area contributed by atoms with Crippen molar-refractivity contribution >= 4 is 81.0 Å². The van der Waals surface area contributed by atoms with Gasteiger partial charge in [0.1, 0.15) is 46.5 Å². The minimum Gasteiger partial charge on any atom is -0.459 e. The van der Waals surface area contributed by atoms with Crippen LogP contribution in [0.2, 0.25) is 0 Å². The standard InChI is InChI=1S/C43H20F4N2O8S2/c44-21-11-23-25(33(50)35(52)31(23)27(46)13-21)15-29-48-39-37(58-29)38-40(49-30(59-38)16-26-24-12-22(45)14-28(47)32(24)36(53)34(26)51)43(39,41(54)56-17-19-7-3-1-4-8-19)42(55)57-18-20-9-5-2-6-10-20/h1-16H,17-18H2/b25-15-,26-16-. The Morgan fingerprint density at radius 3 is 1.36 bits per heavy atom. The van der Waals surface area contributed by atoms with Crippen LogP contribution in [0.5, 0.6) is 0 Å². The number of carbonyl (C=O) groups excluding carboxylic acids is 6. The summed E-state index contributed by atoms with van der Waals surface area (Å²) in [5.74, 6) is -11.7. The molecule has 2 aromatic heterocycles. The summed E-state index contributed by atoms with van der Waals surface area (Å²) in [6.07, 6.45) is 2.21. The Kier molecular flexibility index (Phi) is 8.97. The van der Waals surface area contributed by atoms with E-state index < -0.39 is 86.0 Å². The molecular formula is C43H20F4N2O8S2. The summed E-state index contributed by atoms with van der Waals surface area (Å²) in [4.78, 5) is 90.7. The SMILES string of the molecule is O=C1C(=O)c2c(F)cc(F)cc2/C1=C/c1nc2c(s1)-c1sc(/C=C3\C(=O)C(=O)c4c(F)cc(F)cc43)nc1C2(C(=O)OCc1ccccc1)C(=O)OCc1ccccc1. The molecule has 2 heterocycles. The van der Waals surface area contributed by atoms with Gasteiger partial charge in [-0.2, -0.15) is 0 Å². The van der Waals surface area contributed by atoms with Gasteiger partial charge in [0, 0.05) is 34.4 Å². The zero-order valence-corrected chi connectivity index (χ0v) is 31.3. The van der Waals surface area contributed by atoms with Crippen molar-refractivity contribution in [1.82, 2.24) is 9.97 Å². The van der Waals surface area contributed by atoms with Gasteiger partial charge in [-0.25, -0.2) is 37.1 Å². The summed E-state index contributed by atoms with van der Waals surface area (Å²) in [6, 6.07) is 19.6. The van der Waals surface area contributed by atoms with Crippen LogP contribution in [-0.4, -0.2) is 45.0 Å². The molecule has 0 atom stereocenters. The van der Waals surface area contributed by atoms with E-state index in [4.69, 9.17) is 9.47 Å². The molecule has 9 rings (SSSR count). The van der Waals surface area contributed by atoms with Crippen LogP contribution < -0.4 is 0 Å². The molecule has 4 aromatic carbocycles. The summed E-state index contributed by atoms with van der Waals surface area (Å²) in [6.45, 7) is -0.648. The van der Waals surface area contributed by atoms with Crippen molar-refractivity contribution in [3.63, 3.8) is 0 Å². The molecule has 0 saturated heterocycles. The largest absolute Gasteiger partial charge is 0.459 e. The molecule has 59 heavy (non-hydrogen) atoms. The van der Waals surface area contributed by atoms with Crippen LogP contribution in [0, 0.1) is 23.3 Å². The first-order chi connectivity index (χ1) is 28.4. The Balaban J connectivity index is 1.24. The van der Waals surface area contributed by atoms with Gasteiger partial charge >= 0.3 is 11.9 Å². The van der Waals surface area contributed by atoms with Crippen molar-refractivity contribution in [2.24, 2.45) is 0 Å². The molecule has 0 radical (unpaired) electrons. The lowest BCUT2D eigenvalue weighted by molar-refractivity contribution is -0.164. The van der Waals surface area contributed by atoms with E-state index in [2.05, 4.69) is 9.97 Å². The minimum absolute atomic E-state index is 0.0739. The van der Waals surface area contributed by atoms with E-state index >= 15 is 0 Å². The van der Waals surface area contributed by atoms with Crippen molar-refractivity contribution in [1.29, 1.82) is 0 Å². The van der Waals surface area contributed by atoms with Crippen LogP contribution in [0.4, 0.5) is 17.6 Å². The number of aromatic nitrogens is 2. The van der Waals surface area contributed by atoms with Crippen LogP contribution >= 0.6 is 22.7 Å². The van der Waals surface area contributed by atoms with Crippen LogP contribution in [0.1, 0.15) is 64.4 Å². The quantitative estimate of drug-likeness (QED) is 0.0496. The smallest absolute Gasteiger partial charge is 0.336 e. The second kappa shape index (κ2) is 14.1. The summed E-state index contributed by atoms with van der Waals surface area (Å²) in [5.41, 5.74) is -4.63. The Labute approximate surface area is 337 Å². The number of rotatable bonds is 8. The first-order valence-corrected chi connectivity index (χ1v) is 19.1. The molecule has 6 aromatic rings. The van der Waals surface area contributed by atoms with Gasteiger partial charge in [-0.15, -0.1) is 22.7 Å². The van der Waals surface area contributed by atoms with E-state index in [0.717, 1.165) is 47.0 Å². The number of halogens is 4. The van der Waals surface area contributed by atoms with Gasteiger partial charge in [-0.1, -0.05) is 60.7 Å². The summed E-state index contributed by atoms with van der Waals surface area (Å²) >= 11 is 1.66. The highest BCUT2D eigenvalue weighted by atomic mass is 32.1. The van der Waals surface area contributed by atoms with E-state index in [1.807, 2.05) is 0 Å². The fraction of sp³-hybridized carbons (Fsp3) is 0.0698. The molecule has 0 amide bonds. The van der Waals surface area contributed by atoms with E-state index in [9.17, 15) is 46.3 Å². The number of ether oxygens (including phenoxy) is 2. The fourth-order valence-electron chi connectivity index (χ4n) is 7.14. The molecule has 10 nitrogen and oxygen atoms in total. The number of allylic oxidation sites excluding steroid dienone is 2. The Morgan fingerprint density at radius 1 is 0.576 bits per heavy atom. The van der Waals surface area contributed by atoms with E-state index in [0.29, 0.717) is 23.3 Å². The number of thiazole rings is 2. The molecule has 0 aliphatic heterocycles. The molecular weight excluding hydrogens is 813 g/mol. The first-order valence-electron chi connectivity index (χ1n) is 17.4. The van der Waals surface area contributed by atoms with Gasteiger partial charge < -0.3 is 9.47 Å². The molecule has 0 fully saturated rings. The summed E-state index contributed by atoms with van der Waals surface area (Å²) < 4.78 is 69.8. The molecule has 0 bridgehead atoms. The highest BCUT2D eigenvalue weighted by Crippen LogP contribution is 2.55. The fourth-order valence-corrected chi connectivity index (χ4v) is 9.41. The number of esters is 2. The topological polar surface area (TPSA) is 147 Å². The maximum Gasteiger partial charge on any atom is 0.336 e. The van der Waals surface area contributed by atoms with Gasteiger partial charge in [-0.3, -0.25) is 19.2 Å². The number of benzene rings is 4. The van der Waals surface area contributed by atoms with Crippen molar-refractivity contribution in [2.75, 3.05) is 0 Å². The van der Waals surface area contributed by atoms with Gasteiger partial charge in [-0.05, 0) is 35.4 Å². The zero-order chi connectivity index (χ0) is 41.3. The number of fused-ring (bicyclic) bond motifs is 5. The third kappa shape index (κ3) is 5.98. The number of hydrogen-bond acceptors (Lipinski definition) is 12. The lowest BCUT2D eigenvalue weighted by Gasteiger charge is -2.24. The van der Waals surface area contributed by atoms with Crippen molar-refractivity contribution in [2.45, 2.75) is 18.6 Å². The normalized spacial score (nSPS) is 16.1. The molecule has 0 N–H and O–H groups in total. The molecule has 0 unspecified atom stereocenters. The Bertz CT molecular complexity index is 2760. The molecule has 16 heteroatoms. The third-order valence-corrected chi connectivity index (χ3v) is 12.0. The van der Waals surface area contributed by atoms with Crippen LogP contribution in [0.3, 0.4) is 0 Å². The number of Topliss-reactive ketones (excluding diaryl/α,β-unsaturated/α-hetero) is 4. The van der Waals surface area contributed by atoms with Crippen LogP contribution in [0.25, 0.3) is 33.1 Å². The average Bonchev–Trinajstić information content (AvgIpc) is 3.98. The van der Waals surface area contributed by atoms with E-state index in [-0.39, 0.29) is 55.5 Å². The zero-order valence-electron chi connectivity index (χ0n) is 29.6. The minimum atomic E-state index is -2.58. The monoisotopic (exact) mass is 832 g/mol. The van der Waals surface area contributed by atoms with Crippen molar-refractivity contribution in [3.05, 3.63) is 163 Å². The maximum atomic E-state index is 14.7. The number of nitrogens with zero attached hydrogens (tertiary/aromatic N) is 2. The van der Waals surface area contributed by atoms with Crippen molar-refractivity contribution < 1.29 is 55.8 Å². The predicted molar refractivity (Wildman–Crippen MR) is 204 cm³/mol. The Morgan fingerprint density at radius 2 is 0.966 bits per heavy atom. The lowest BCUT2D eigenvalue weighted by Crippen LogP contribution is -2.46. The van der Waals surface area contributed by atoms with E-state index in [1.54, 1.807) is 60.7 Å². The summed E-state index contributed by atoms with van der Waals surface area (Å²) in [5, 5.41) is -0.148. The average molecular weight is 833 g/mol. The third-order valence-electron chi connectivity index (χ3n) is 9.82. The first kappa shape index (κ1) is 37.5. The highest BCUT2D eigenvalue weighted by Gasteiger charge is 2.63. The van der Waals surface area contributed by atoms with Crippen molar-refractivity contribution in [3.8, 4) is 9.75 Å². The van der Waals surface area contributed by atoms with Crippen LogP contribution in [0.15, 0.2) is 84.9 Å². The molecule has 0 saturated carbocycles. The molecule has 0 spiro atoms.